The fourth-order valence-electron chi connectivity index (χ4n) is 5.58. The number of amides is 1. The number of nitrogens with zero attached hydrogens (tertiary/aromatic N) is 2. The third-order valence-electron chi connectivity index (χ3n) is 7.76. The van der Waals surface area contributed by atoms with Crippen molar-refractivity contribution < 1.29 is 13.9 Å². The number of nitrogens with one attached hydrogen (secondary N) is 1. The molecular formula is C35H35N3O4. The smallest absolute Gasteiger partial charge is 0.420 e. The summed E-state index contributed by atoms with van der Waals surface area (Å²) in [5.41, 5.74) is 5.15. The summed E-state index contributed by atoms with van der Waals surface area (Å²) < 4.78 is 13.2. The topological polar surface area (TPSA) is 76.7 Å². The number of carbonyl (C=O) groups is 1. The van der Waals surface area contributed by atoms with Gasteiger partial charge in [0.1, 0.15) is 12.4 Å². The van der Waals surface area contributed by atoms with Gasteiger partial charge in [-0.3, -0.25) is 9.36 Å². The van der Waals surface area contributed by atoms with Crippen LogP contribution in [0.15, 0.2) is 112 Å². The van der Waals surface area contributed by atoms with Crippen LogP contribution < -0.4 is 15.8 Å². The molecule has 1 fully saturated rings. The van der Waals surface area contributed by atoms with Crippen LogP contribution in [0.2, 0.25) is 0 Å². The predicted octanol–water partition coefficient (Wildman–Crippen LogP) is 5.72. The fraction of sp³-hybridized carbons (Fsp3) is 0.257. The van der Waals surface area contributed by atoms with E-state index in [0.717, 1.165) is 47.6 Å². The van der Waals surface area contributed by atoms with E-state index in [1.807, 2.05) is 91.0 Å². The lowest BCUT2D eigenvalue weighted by atomic mass is 10.0. The van der Waals surface area contributed by atoms with Crippen molar-refractivity contribution in [3.63, 3.8) is 0 Å². The van der Waals surface area contributed by atoms with Crippen LogP contribution in [0, 0.1) is 0 Å². The van der Waals surface area contributed by atoms with Gasteiger partial charge in [0.05, 0.1) is 24.5 Å². The van der Waals surface area contributed by atoms with Crippen LogP contribution in [0.4, 0.5) is 0 Å². The van der Waals surface area contributed by atoms with Gasteiger partial charge >= 0.3 is 5.76 Å². The van der Waals surface area contributed by atoms with E-state index in [1.54, 1.807) is 10.6 Å². The van der Waals surface area contributed by atoms with Crippen LogP contribution in [-0.4, -0.2) is 35.0 Å². The normalized spacial score (nSPS) is 14.2. The van der Waals surface area contributed by atoms with Gasteiger partial charge in [-0.25, -0.2) is 4.79 Å². The van der Waals surface area contributed by atoms with Crippen LogP contribution >= 0.6 is 0 Å². The summed E-state index contributed by atoms with van der Waals surface area (Å²) in [5, 5.41) is 3.29. The molecule has 214 valence electrons. The van der Waals surface area contributed by atoms with Gasteiger partial charge in [-0.2, -0.15) is 0 Å². The molecule has 1 amide bonds. The number of ether oxygens (including phenoxy) is 1. The van der Waals surface area contributed by atoms with Crippen molar-refractivity contribution in [2.24, 2.45) is 0 Å². The first-order chi connectivity index (χ1) is 20.6. The van der Waals surface area contributed by atoms with Crippen molar-refractivity contribution >= 4 is 17.0 Å². The van der Waals surface area contributed by atoms with Gasteiger partial charge in [-0.05, 0) is 72.5 Å². The SMILES string of the molecule is O=C(Cc1ccc2oc(=O)n(Cc3ccccc3)c2c1)NC(CN1CCCC1)c1cccc(OCc2ccccc2)c1. The second kappa shape index (κ2) is 12.9. The Hall–Kier alpha value is -4.62. The summed E-state index contributed by atoms with van der Waals surface area (Å²) in [5.74, 6) is 0.295. The Morgan fingerprint density at radius 1 is 0.833 bits per heavy atom. The molecule has 1 aromatic heterocycles. The van der Waals surface area contributed by atoms with Crippen molar-refractivity contribution in [1.82, 2.24) is 14.8 Å². The summed E-state index contributed by atoms with van der Waals surface area (Å²) in [4.78, 5) is 28.4. The highest BCUT2D eigenvalue weighted by molar-refractivity contribution is 5.81. The highest BCUT2D eigenvalue weighted by Gasteiger charge is 2.22. The molecule has 6 rings (SSSR count). The maximum Gasteiger partial charge on any atom is 0.420 e. The van der Waals surface area contributed by atoms with Crippen molar-refractivity contribution in [1.29, 1.82) is 0 Å². The summed E-state index contributed by atoms with van der Waals surface area (Å²) in [6.45, 7) is 3.70. The van der Waals surface area contributed by atoms with Gasteiger partial charge in [0, 0.05) is 6.54 Å². The molecule has 0 spiro atoms. The van der Waals surface area contributed by atoms with Gasteiger partial charge in [-0.1, -0.05) is 78.9 Å². The van der Waals surface area contributed by atoms with Crippen molar-refractivity contribution in [3.8, 4) is 5.75 Å². The quantitative estimate of drug-likeness (QED) is 0.223. The largest absolute Gasteiger partial charge is 0.489 e. The Morgan fingerprint density at radius 3 is 2.33 bits per heavy atom. The molecule has 42 heavy (non-hydrogen) atoms. The Morgan fingerprint density at radius 2 is 1.57 bits per heavy atom. The molecule has 1 aliphatic heterocycles. The van der Waals surface area contributed by atoms with Crippen molar-refractivity contribution in [2.45, 2.75) is 38.5 Å². The third-order valence-corrected chi connectivity index (χ3v) is 7.76. The van der Waals surface area contributed by atoms with E-state index in [4.69, 9.17) is 9.15 Å². The second-order valence-corrected chi connectivity index (χ2v) is 10.9. The van der Waals surface area contributed by atoms with E-state index in [1.165, 1.54) is 12.8 Å². The number of aromatic nitrogens is 1. The standard InChI is InChI=1S/C35H35N3O4/c39-34(21-28-16-17-33-32(20-28)38(35(40)42-33)23-26-10-3-1-4-11-26)36-31(24-37-18-7-8-19-37)29-14-9-15-30(22-29)41-25-27-12-5-2-6-13-27/h1-6,9-17,20,22,31H,7-8,18-19,21,23-25H2,(H,36,39). The molecule has 1 unspecified atom stereocenters. The number of carbonyl (C=O) groups excluding carboxylic acids is 1. The molecule has 5 aromatic rings. The maximum atomic E-state index is 13.4. The zero-order chi connectivity index (χ0) is 28.7. The van der Waals surface area contributed by atoms with Gasteiger partial charge in [-0.15, -0.1) is 0 Å². The molecule has 1 atom stereocenters. The van der Waals surface area contributed by atoms with E-state index in [-0.39, 0.29) is 18.4 Å². The average Bonchev–Trinajstić information content (AvgIpc) is 3.64. The summed E-state index contributed by atoms with van der Waals surface area (Å²) in [7, 11) is 0. The molecule has 4 aromatic carbocycles. The summed E-state index contributed by atoms with van der Waals surface area (Å²) in [6, 6.07) is 33.2. The van der Waals surface area contributed by atoms with Crippen molar-refractivity contribution in [2.75, 3.05) is 19.6 Å². The molecule has 7 heteroatoms. The molecule has 2 heterocycles. The van der Waals surface area contributed by atoms with Crippen molar-refractivity contribution in [3.05, 3.63) is 136 Å². The minimum absolute atomic E-state index is 0.0744. The molecule has 0 radical (unpaired) electrons. The van der Waals surface area contributed by atoms with Gasteiger partial charge in [0.2, 0.25) is 5.91 Å². The van der Waals surface area contributed by atoms with Gasteiger partial charge in [0.15, 0.2) is 5.58 Å². The Labute approximate surface area is 245 Å². The van der Waals surface area contributed by atoms with E-state index in [9.17, 15) is 9.59 Å². The van der Waals surface area contributed by atoms with Crippen LogP contribution in [0.3, 0.4) is 0 Å². The molecule has 1 saturated heterocycles. The average molecular weight is 562 g/mol. The lowest BCUT2D eigenvalue weighted by molar-refractivity contribution is -0.121. The van der Waals surface area contributed by atoms with Crippen LogP contribution in [-0.2, 0) is 24.4 Å². The van der Waals surface area contributed by atoms with Crippen LogP contribution in [0.25, 0.3) is 11.1 Å². The second-order valence-electron chi connectivity index (χ2n) is 10.9. The predicted molar refractivity (Wildman–Crippen MR) is 163 cm³/mol. The summed E-state index contributed by atoms with van der Waals surface area (Å²) >= 11 is 0. The number of hydrogen-bond donors (Lipinski definition) is 1. The van der Waals surface area contributed by atoms with Gasteiger partial charge in [0.25, 0.3) is 0 Å². The zero-order valence-corrected chi connectivity index (χ0v) is 23.6. The molecule has 0 saturated carbocycles. The summed E-state index contributed by atoms with van der Waals surface area (Å²) in [6.07, 6.45) is 2.55. The Bertz CT molecular complexity index is 1690. The number of benzene rings is 4. The van der Waals surface area contributed by atoms with Crippen LogP contribution in [0.1, 0.15) is 41.1 Å². The zero-order valence-electron chi connectivity index (χ0n) is 23.6. The third kappa shape index (κ3) is 6.81. The molecular weight excluding hydrogens is 526 g/mol. The van der Waals surface area contributed by atoms with E-state index >= 15 is 0 Å². The molecule has 7 nitrogen and oxygen atoms in total. The lowest BCUT2D eigenvalue weighted by Gasteiger charge is -2.25. The number of likely N-dealkylation sites (tertiary alicyclic amines) is 1. The molecule has 0 aliphatic carbocycles. The number of fused-ring (bicyclic) bond motifs is 1. The maximum absolute atomic E-state index is 13.4. The number of hydrogen-bond acceptors (Lipinski definition) is 5. The lowest BCUT2D eigenvalue weighted by Crippen LogP contribution is -2.37. The minimum atomic E-state index is -0.407. The first-order valence-electron chi connectivity index (χ1n) is 14.6. The fourth-order valence-corrected chi connectivity index (χ4v) is 5.58. The van der Waals surface area contributed by atoms with E-state index in [2.05, 4.69) is 16.3 Å². The van der Waals surface area contributed by atoms with Crippen LogP contribution in [0.5, 0.6) is 5.75 Å². The number of rotatable bonds is 11. The van der Waals surface area contributed by atoms with E-state index < -0.39 is 5.76 Å². The molecule has 1 aliphatic rings. The Balaban J connectivity index is 1.18. The molecule has 1 N–H and O–H groups in total. The first kappa shape index (κ1) is 27.5. The first-order valence-corrected chi connectivity index (χ1v) is 14.6. The van der Waals surface area contributed by atoms with E-state index in [0.29, 0.717) is 24.3 Å². The highest BCUT2D eigenvalue weighted by atomic mass is 16.5. The Kier molecular flexibility index (Phi) is 8.47. The monoisotopic (exact) mass is 561 g/mol. The highest BCUT2D eigenvalue weighted by Crippen LogP contribution is 2.24. The van der Waals surface area contributed by atoms with Gasteiger partial charge < -0.3 is 19.4 Å². The minimum Gasteiger partial charge on any atom is -0.489 e. The molecule has 0 bridgehead atoms. The number of oxazole rings is 1.